The van der Waals surface area contributed by atoms with Gasteiger partial charge < -0.3 is 14.5 Å². The molecule has 0 radical (unpaired) electrons. The van der Waals surface area contributed by atoms with Gasteiger partial charge in [0.1, 0.15) is 6.26 Å². The Labute approximate surface area is 195 Å². The molecule has 5 rings (SSSR count). The molecule has 1 aromatic heterocycles. The van der Waals surface area contributed by atoms with Gasteiger partial charge in [0, 0.05) is 22.2 Å². The van der Waals surface area contributed by atoms with E-state index in [0.29, 0.717) is 11.6 Å². The van der Waals surface area contributed by atoms with E-state index in [9.17, 15) is 23.1 Å². The maximum atomic E-state index is 13.8. The summed E-state index contributed by atoms with van der Waals surface area (Å²) in [6.45, 7) is 5.31. The smallest absolute Gasteiger partial charge is 0.389 e. The van der Waals surface area contributed by atoms with E-state index < -0.39 is 23.8 Å². The predicted octanol–water partition coefficient (Wildman–Crippen LogP) is 5.93. The van der Waals surface area contributed by atoms with E-state index in [-0.39, 0.29) is 28.7 Å². The number of anilines is 1. The molecule has 2 aromatic carbocycles. The lowest BCUT2D eigenvalue weighted by Crippen LogP contribution is -2.42. The number of aryl methyl sites for hydroxylation is 1. The first-order valence-corrected chi connectivity index (χ1v) is 11.3. The highest BCUT2D eigenvalue weighted by Crippen LogP contribution is 2.53. The summed E-state index contributed by atoms with van der Waals surface area (Å²) >= 11 is 0. The quantitative estimate of drug-likeness (QED) is 0.513. The lowest BCUT2D eigenvalue weighted by molar-refractivity contribution is -0.138. The van der Waals surface area contributed by atoms with Gasteiger partial charge in [-0.25, -0.2) is 0 Å². The number of nitrogens with zero attached hydrogens (tertiary/aromatic N) is 2. The third-order valence-corrected chi connectivity index (χ3v) is 7.16. The molecule has 1 atom stereocenters. The highest BCUT2D eigenvalue weighted by Gasteiger charge is 2.48. The Morgan fingerprint density at radius 3 is 2.56 bits per heavy atom. The summed E-state index contributed by atoms with van der Waals surface area (Å²) in [5.41, 5.74) is 2.06. The van der Waals surface area contributed by atoms with Crippen molar-refractivity contribution in [1.29, 1.82) is 0 Å². The average molecular weight is 470 g/mol. The number of hydrogen-bond acceptors (Lipinski definition) is 4. The number of aliphatic hydroxyl groups is 1. The second kappa shape index (κ2) is 7.70. The fourth-order valence-electron chi connectivity index (χ4n) is 5.55. The molecular weight excluding hydrogens is 445 g/mol. The second-order valence-corrected chi connectivity index (χ2v) is 9.65. The Bertz CT molecular complexity index is 1270. The van der Waals surface area contributed by atoms with Crippen molar-refractivity contribution in [3.63, 3.8) is 0 Å². The first kappa shape index (κ1) is 22.7. The minimum absolute atomic E-state index is 0.0181. The van der Waals surface area contributed by atoms with E-state index in [2.05, 4.69) is 12.1 Å². The van der Waals surface area contributed by atoms with Crippen molar-refractivity contribution in [3.8, 4) is 0 Å². The Balaban J connectivity index is 1.57. The van der Waals surface area contributed by atoms with Crippen LogP contribution in [-0.4, -0.2) is 16.2 Å². The van der Waals surface area contributed by atoms with Gasteiger partial charge in [-0.1, -0.05) is 24.2 Å². The Kier molecular flexibility index (Phi) is 5.13. The Morgan fingerprint density at radius 2 is 1.97 bits per heavy atom. The molecule has 5 nitrogen and oxygen atoms in total. The summed E-state index contributed by atoms with van der Waals surface area (Å²) in [4.78, 5) is 14.7. The molecule has 1 fully saturated rings. The highest BCUT2D eigenvalue weighted by atomic mass is 19.4. The van der Waals surface area contributed by atoms with Crippen LogP contribution in [0.15, 0.2) is 47.2 Å². The van der Waals surface area contributed by atoms with Crippen LogP contribution < -0.4 is 4.90 Å². The van der Waals surface area contributed by atoms with Gasteiger partial charge in [0.2, 0.25) is 0 Å². The standard InChI is InChI=1S/C26H25F3N2O3/c1-14-10-25(11-14,23-15(2)13-34-30-23)18-5-4-6-19(9-18)31-12-21-20(24(31)33)7-17(16(3)32)8-22(21)26(27,28)29/h4-9,13-14,16,32H,10-12H2,1-3H3. The fourth-order valence-corrected chi connectivity index (χ4v) is 5.55. The summed E-state index contributed by atoms with van der Waals surface area (Å²) < 4.78 is 46.7. The number of amides is 1. The van der Waals surface area contributed by atoms with Crippen molar-refractivity contribution in [1.82, 2.24) is 5.16 Å². The van der Waals surface area contributed by atoms with Crippen LogP contribution in [0.25, 0.3) is 0 Å². The molecule has 1 amide bonds. The summed E-state index contributed by atoms with van der Waals surface area (Å²) in [6, 6.07) is 9.73. The number of halogens is 3. The minimum Gasteiger partial charge on any atom is -0.389 e. The monoisotopic (exact) mass is 470 g/mol. The van der Waals surface area contributed by atoms with Gasteiger partial charge in [-0.3, -0.25) is 4.79 Å². The number of aliphatic hydroxyl groups excluding tert-OH is 1. The van der Waals surface area contributed by atoms with Crippen LogP contribution in [0.1, 0.15) is 76.7 Å². The number of benzene rings is 2. The van der Waals surface area contributed by atoms with Crippen LogP contribution in [0, 0.1) is 12.8 Å². The molecule has 8 heteroatoms. The van der Waals surface area contributed by atoms with E-state index in [1.165, 1.54) is 17.9 Å². The van der Waals surface area contributed by atoms with Crippen molar-refractivity contribution >= 4 is 11.6 Å². The zero-order chi connectivity index (χ0) is 24.4. The SMILES string of the molecule is Cc1conc1C1(c2cccc(N3Cc4c(cc(C(C)O)cc4C(F)(F)F)C3=O)c2)CC(C)C1. The zero-order valence-corrected chi connectivity index (χ0v) is 19.1. The van der Waals surface area contributed by atoms with Crippen LogP contribution in [-0.2, 0) is 18.1 Å². The van der Waals surface area contributed by atoms with Gasteiger partial charge in [-0.05, 0) is 73.6 Å². The van der Waals surface area contributed by atoms with Crippen molar-refractivity contribution in [2.45, 2.75) is 57.9 Å². The molecule has 3 aromatic rings. The third-order valence-electron chi connectivity index (χ3n) is 7.16. The van der Waals surface area contributed by atoms with E-state index in [1.54, 1.807) is 12.3 Å². The summed E-state index contributed by atoms with van der Waals surface area (Å²) in [5.74, 6) is -0.0144. The van der Waals surface area contributed by atoms with Crippen LogP contribution in [0.3, 0.4) is 0 Å². The molecule has 1 saturated carbocycles. The Hall–Kier alpha value is -3.13. The van der Waals surface area contributed by atoms with E-state index in [1.807, 2.05) is 25.1 Å². The molecule has 2 heterocycles. The van der Waals surface area contributed by atoms with Gasteiger partial charge >= 0.3 is 6.18 Å². The molecular formula is C26H25F3N2O3. The molecule has 0 bridgehead atoms. The first-order chi connectivity index (χ1) is 16.0. The molecule has 0 saturated heterocycles. The summed E-state index contributed by atoms with van der Waals surface area (Å²) in [7, 11) is 0. The predicted molar refractivity (Wildman–Crippen MR) is 119 cm³/mol. The van der Waals surface area contributed by atoms with Crippen molar-refractivity contribution in [2.75, 3.05) is 4.90 Å². The number of aromatic nitrogens is 1. The topological polar surface area (TPSA) is 66.6 Å². The molecule has 1 N–H and O–H groups in total. The van der Waals surface area contributed by atoms with Crippen LogP contribution in [0.5, 0.6) is 0 Å². The number of hydrogen-bond donors (Lipinski definition) is 1. The third kappa shape index (κ3) is 3.43. The van der Waals surface area contributed by atoms with E-state index in [4.69, 9.17) is 4.52 Å². The van der Waals surface area contributed by atoms with Gasteiger partial charge in [-0.2, -0.15) is 13.2 Å². The van der Waals surface area contributed by atoms with Gasteiger partial charge in [0.05, 0.1) is 23.9 Å². The van der Waals surface area contributed by atoms with Crippen LogP contribution in [0.4, 0.5) is 18.9 Å². The molecule has 2 aliphatic rings. The molecule has 1 aliphatic carbocycles. The lowest BCUT2D eigenvalue weighted by atomic mass is 9.57. The van der Waals surface area contributed by atoms with Gasteiger partial charge in [0.25, 0.3) is 5.91 Å². The molecule has 1 aliphatic heterocycles. The van der Waals surface area contributed by atoms with Crippen molar-refractivity contribution < 1.29 is 27.6 Å². The average Bonchev–Trinajstić information content (AvgIpc) is 3.33. The number of carbonyl (C=O) groups excluding carboxylic acids is 1. The zero-order valence-electron chi connectivity index (χ0n) is 19.1. The molecule has 178 valence electrons. The van der Waals surface area contributed by atoms with Crippen molar-refractivity contribution in [2.24, 2.45) is 5.92 Å². The summed E-state index contributed by atoms with van der Waals surface area (Å²) in [5, 5.41) is 14.2. The summed E-state index contributed by atoms with van der Waals surface area (Å²) in [6.07, 6.45) is -2.41. The van der Waals surface area contributed by atoms with Crippen molar-refractivity contribution in [3.05, 3.63) is 81.7 Å². The maximum Gasteiger partial charge on any atom is 0.416 e. The van der Waals surface area contributed by atoms with Crippen LogP contribution >= 0.6 is 0 Å². The first-order valence-electron chi connectivity index (χ1n) is 11.3. The number of fused-ring (bicyclic) bond motifs is 1. The number of carbonyl (C=O) groups is 1. The second-order valence-electron chi connectivity index (χ2n) is 9.65. The molecule has 1 unspecified atom stereocenters. The normalized spacial score (nSPS) is 23.1. The highest BCUT2D eigenvalue weighted by molar-refractivity contribution is 6.10. The largest absolute Gasteiger partial charge is 0.416 e. The molecule has 0 spiro atoms. The minimum atomic E-state index is -4.64. The van der Waals surface area contributed by atoms with E-state index in [0.717, 1.165) is 35.7 Å². The maximum absolute atomic E-state index is 13.8. The number of alkyl halides is 3. The lowest BCUT2D eigenvalue weighted by Gasteiger charge is -2.46. The Morgan fingerprint density at radius 1 is 1.24 bits per heavy atom. The molecule has 34 heavy (non-hydrogen) atoms. The van der Waals surface area contributed by atoms with Gasteiger partial charge in [-0.15, -0.1) is 0 Å². The van der Waals surface area contributed by atoms with Crippen LogP contribution in [0.2, 0.25) is 0 Å². The van der Waals surface area contributed by atoms with E-state index >= 15 is 0 Å². The van der Waals surface area contributed by atoms with Gasteiger partial charge in [0.15, 0.2) is 0 Å². The fraction of sp³-hybridized carbons (Fsp3) is 0.385. The number of rotatable bonds is 4.